The van der Waals surface area contributed by atoms with Crippen molar-refractivity contribution < 1.29 is 9.59 Å². The molecule has 1 radical (unpaired) electrons. The van der Waals surface area contributed by atoms with E-state index in [2.05, 4.69) is 11.4 Å². The molecule has 3 N–H and O–H groups in total. The summed E-state index contributed by atoms with van der Waals surface area (Å²) >= 11 is 0. The number of hydrogen-bond donors (Lipinski definition) is 2. The topological polar surface area (TPSA) is 99.2 Å². The Kier molecular flexibility index (Phi) is 5.95. The van der Waals surface area contributed by atoms with E-state index in [0.717, 1.165) is 6.54 Å². The predicted octanol–water partition coefficient (Wildman–Crippen LogP) is 0.833. The fraction of sp³-hybridized carbons (Fsp3) is 0.750. The monoisotopic (exact) mass is 307 g/mol. The number of rotatable bonds is 7. The van der Waals surface area contributed by atoms with Crippen molar-refractivity contribution in [2.24, 2.45) is 17.1 Å². The Morgan fingerprint density at radius 2 is 2.14 bits per heavy atom. The van der Waals surface area contributed by atoms with Crippen LogP contribution in [0.25, 0.3) is 0 Å². The number of amides is 2. The first-order valence-electron chi connectivity index (χ1n) is 7.71. The third-order valence-corrected chi connectivity index (χ3v) is 4.13. The summed E-state index contributed by atoms with van der Waals surface area (Å²) in [5.74, 6) is -0.384. The normalized spacial score (nSPS) is 21.6. The quantitative estimate of drug-likeness (QED) is 0.727. The fourth-order valence-corrected chi connectivity index (χ4v) is 2.46. The Hall–Kier alpha value is -1.61. The minimum absolute atomic E-state index is 0.201. The lowest BCUT2D eigenvalue weighted by Gasteiger charge is -2.37. The molecule has 6 heteroatoms. The van der Waals surface area contributed by atoms with E-state index in [1.807, 2.05) is 13.8 Å². The summed E-state index contributed by atoms with van der Waals surface area (Å²) in [6, 6.07) is 2.31. The Morgan fingerprint density at radius 3 is 2.55 bits per heavy atom. The van der Waals surface area contributed by atoms with Gasteiger partial charge in [0.25, 0.3) is 0 Å². The molecule has 1 heterocycles. The van der Waals surface area contributed by atoms with Crippen LogP contribution in [0, 0.1) is 29.1 Å². The van der Waals surface area contributed by atoms with Crippen molar-refractivity contribution in [3.05, 3.63) is 6.42 Å². The Bertz CT molecular complexity index is 459. The molecule has 0 aromatic heterocycles. The second kappa shape index (κ2) is 7.10. The van der Waals surface area contributed by atoms with Gasteiger partial charge in [0.15, 0.2) is 0 Å². The SMILES string of the molecule is CC(C)CN(C(=O)[CH]CC(C)(C)C(N)=O)C1(C#N)CCNC1. The van der Waals surface area contributed by atoms with Crippen LogP contribution in [0.15, 0.2) is 0 Å². The summed E-state index contributed by atoms with van der Waals surface area (Å²) in [5.41, 5.74) is 3.77. The van der Waals surface area contributed by atoms with Crippen LogP contribution in [0.5, 0.6) is 0 Å². The minimum Gasteiger partial charge on any atom is -0.369 e. The molecule has 6 nitrogen and oxygen atoms in total. The molecule has 0 aliphatic carbocycles. The van der Waals surface area contributed by atoms with Gasteiger partial charge < -0.3 is 16.0 Å². The van der Waals surface area contributed by atoms with E-state index in [-0.39, 0.29) is 18.2 Å². The maximum absolute atomic E-state index is 12.6. The van der Waals surface area contributed by atoms with Crippen LogP contribution in [-0.2, 0) is 9.59 Å². The van der Waals surface area contributed by atoms with Crippen molar-refractivity contribution >= 4 is 11.8 Å². The van der Waals surface area contributed by atoms with Crippen LogP contribution < -0.4 is 11.1 Å². The van der Waals surface area contributed by atoms with Gasteiger partial charge in [0, 0.05) is 18.5 Å². The molecule has 0 aromatic rings. The number of carbonyl (C=O) groups excluding carboxylic acids is 2. The van der Waals surface area contributed by atoms with Crippen LogP contribution in [0.3, 0.4) is 0 Å². The number of nitrogens with zero attached hydrogens (tertiary/aromatic N) is 2. The molecule has 0 bridgehead atoms. The number of primary amides is 1. The molecule has 1 rings (SSSR count). The molecular weight excluding hydrogens is 280 g/mol. The highest BCUT2D eigenvalue weighted by Gasteiger charge is 2.43. The maximum Gasteiger partial charge on any atom is 0.227 e. The summed E-state index contributed by atoms with van der Waals surface area (Å²) in [6.45, 7) is 9.17. The average Bonchev–Trinajstić information content (AvgIpc) is 2.91. The lowest BCUT2D eigenvalue weighted by molar-refractivity contribution is -0.133. The second-order valence-corrected chi connectivity index (χ2v) is 7.07. The number of nitrogens with two attached hydrogens (primary N) is 1. The lowest BCUT2D eigenvalue weighted by Crippen LogP contribution is -2.54. The third-order valence-electron chi connectivity index (χ3n) is 4.13. The summed E-state index contributed by atoms with van der Waals surface area (Å²) in [4.78, 5) is 25.7. The van der Waals surface area contributed by atoms with Crippen LogP contribution in [0.4, 0.5) is 0 Å². The van der Waals surface area contributed by atoms with Crippen molar-refractivity contribution in [1.29, 1.82) is 5.26 Å². The molecule has 0 aromatic carbocycles. The van der Waals surface area contributed by atoms with Gasteiger partial charge in [0.05, 0.1) is 12.5 Å². The maximum atomic E-state index is 12.6. The molecule has 123 valence electrons. The van der Waals surface area contributed by atoms with E-state index in [1.54, 1.807) is 18.7 Å². The van der Waals surface area contributed by atoms with E-state index in [1.165, 1.54) is 6.42 Å². The molecule has 1 atom stereocenters. The summed E-state index contributed by atoms with van der Waals surface area (Å²) in [6.07, 6.45) is 2.38. The van der Waals surface area contributed by atoms with Crippen molar-refractivity contribution in [3.63, 3.8) is 0 Å². The van der Waals surface area contributed by atoms with Gasteiger partial charge in [-0.3, -0.25) is 9.59 Å². The van der Waals surface area contributed by atoms with E-state index in [9.17, 15) is 14.9 Å². The molecule has 1 unspecified atom stereocenters. The summed E-state index contributed by atoms with van der Waals surface area (Å²) in [5, 5.41) is 12.8. The van der Waals surface area contributed by atoms with Gasteiger partial charge in [-0.25, -0.2) is 0 Å². The molecule has 22 heavy (non-hydrogen) atoms. The zero-order chi connectivity index (χ0) is 17.0. The van der Waals surface area contributed by atoms with E-state index in [4.69, 9.17) is 5.73 Å². The Labute approximate surface area is 133 Å². The van der Waals surface area contributed by atoms with Gasteiger partial charge in [-0.2, -0.15) is 5.26 Å². The number of nitriles is 1. The fourth-order valence-electron chi connectivity index (χ4n) is 2.46. The van der Waals surface area contributed by atoms with Crippen LogP contribution in [0.2, 0.25) is 0 Å². The Balaban J connectivity index is 2.86. The highest BCUT2D eigenvalue weighted by molar-refractivity contribution is 5.88. The number of nitrogens with one attached hydrogen (secondary N) is 1. The van der Waals surface area contributed by atoms with Gasteiger partial charge in [-0.05, 0) is 25.3 Å². The number of hydrogen-bond acceptors (Lipinski definition) is 4. The first-order chi connectivity index (χ1) is 10.1. The molecule has 1 fully saturated rings. The summed E-state index contributed by atoms with van der Waals surface area (Å²) < 4.78 is 0. The molecule has 2 amide bonds. The summed E-state index contributed by atoms with van der Waals surface area (Å²) in [7, 11) is 0. The first-order valence-corrected chi connectivity index (χ1v) is 7.71. The van der Waals surface area contributed by atoms with Gasteiger partial charge in [0.1, 0.15) is 5.54 Å². The highest BCUT2D eigenvalue weighted by atomic mass is 16.2. The van der Waals surface area contributed by atoms with Crippen molar-refractivity contribution in [2.75, 3.05) is 19.6 Å². The van der Waals surface area contributed by atoms with Gasteiger partial charge in [0.2, 0.25) is 11.8 Å². The molecule has 0 spiro atoms. The largest absolute Gasteiger partial charge is 0.369 e. The molecule has 1 aliphatic heterocycles. The van der Waals surface area contributed by atoms with E-state index >= 15 is 0 Å². The minimum atomic E-state index is -0.797. The van der Waals surface area contributed by atoms with E-state index < -0.39 is 16.9 Å². The zero-order valence-corrected chi connectivity index (χ0v) is 14.0. The molecule has 0 saturated carbocycles. The predicted molar refractivity (Wildman–Crippen MR) is 84.3 cm³/mol. The van der Waals surface area contributed by atoms with Gasteiger partial charge in [-0.15, -0.1) is 0 Å². The standard InChI is InChI=1S/C16H27N4O2/c1-12(2)9-20(16(10-17)7-8-19-11-16)13(21)5-6-15(3,4)14(18)22/h5,12,19H,6-9,11H2,1-4H3,(H2,18,22). The highest BCUT2D eigenvalue weighted by Crippen LogP contribution is 2.27. The van der Waals surface area contributed by atoms with Crippen molar-refractivity contribution in [2.45, 2.75) is 46.1 Å². The second-order valence-electron chi connectivity index (χ2n) is 7.07. The van der Waals surface area contributed by atoms with Crippen molar-refractivity contribution in [3.8, 4) is 6.07 Å². The van der Waals surface area contributed by atoms with Crippen molar-refractivity contribution in [1.82, 2.24) is 10.2 Å². The number of carbonyl (C=O) groups is 2. The van der Waals surface area contributed by atoms with Crippen LogP contribution in [-0.4, -0.2) is 41.9 Å². The first kappa shape index (κ1) is 18.4. The molecule has 1 saturated heterocycles. The van der Waals surface area contributed by atoms with Crippen LogP contribution in [0.1, 0.15) is 40.5 Å². The Morgan fingerprint density at radius 1 is 1.50 bits per heavy atom. The van der Waals surface area contributed by atoms with Gasteiger partial charge >= 0.3 is 0 Å². The van der Waals surface area contributed by atoms with E-state index in [0.29, 0.717) is 19.5 Å². The third kappa shape index (κ3) is 4.20. The zero-order valence-electron chi connectivity index (χ0n) is 14.0. The molecule has 1 aliphatic rings. The van der Waals surface area contributed by atoms with Crippen LogP contribution >= 0.6 is 0 Å². The van der Waals surface area contributed by atoms with Gasteiger partial charge in [-0.1, -0.05) is 27.7 Å². The lowest BCUT2D eigenvalue weighted by atomic mass is 9.86. The molecular formula is C16H27N4O2. The average molecular weight is 307 g/mol. The smallest absolute Gasteiger partial charge is 0.227 e.